The number of hydrogen-bond acceptors (Lipinski definition) is 10. The highest BCUT2D eigenvalue weighted by atomic mass is 32.2. The third-order valence-electron chi connectivity index (χ3n) is 4.46. The van der Waals surface area contributed by atoms with Crippen LogP contribution in [-0.2, 0) is 14.8 Å². The first-order chi connectivity index (χ1) is 16.4. The number of nitrogens with one attached hydrogen (secondary N) is 1. The molecule has 0 atom stereocenters. The molecule has 0 aliphatic carbocycles. The average Bonchev–Trinajstić information content (AvgIpc) is 2.85. The van der Waals surface area contributed by atoms with E-state index < -0.39 is 10.0 Å². The molecule has 170 valence electrons. The fourth-order valence-corrected chi connectivity index (χ4v) is 4.12. The zero-order chi connectivity index (χ0) is 24.1. The van der Waals surface area contributed by atoms with Gasteiger partial charge in [0.05, 0.1) is 33.5 Å². The average molecular weight is 494 g/mol. The number of nitrogens with zero attached hydrogens (tertiary/aromatic N) is 6. The molecule has 13 heteroatoms. The molecule has 0 spiro atoms. The number of rotatable bonds is 7. The second kappa shape index (κ2) is 9.64. The molecule has 0 fully saturated rings. The van der Waals surface area contributed by atoms with Crippen molar-refractivity contribution in [2.75, 3.05) is 4.72 Å². The Kier molecular flexibility index (Phi) is 6.47. The van der Waals surface area contributed by atoms with Crippen LogP contribution in [0, 0.1) is 4.64 Å². The maximum absolute atomic E-state index is 12.5. The van der Waals surface area contributed by atoms with E-state index in [1.165, 1.54) is 41.3 Å². The van der Waals surface area contributed by atoms with Gasteiger partial charge in [0.15, 0.2) is 10.9 Å². The third-order valence-corrected chi connectivity index (χ3v) is 6.18. The van der Waals surface area contributed by atoms with Gasteiger partial charge in [-0.1, -0.05) is 29.6 Å². The molecule has 0 aliphatic heterocycles. The lowest BCUT2D eigenvalue weighted by molar-refractivity contribution is -0.103. The van der Waals surface area contributed by atoms with Crippen LogP contribution in [0.4, 0.5) is 11.6 Å². The van der Waals surface area contributed by atoms with Crippen LogP contribution >= 0.6 is 12.2 Å². The SMILES string of the molecule is O=C/C(=C\O)c1nc2ccccc2n(N=Nc2ccc(S(=O)(=O)Nc3ncccn3)cc2)c1=S. The van der Waals surface area contributed by atoms with E-state index >= 15 is 0 Å². The zero-order valence-corrected chi connectivity index (χ0v) is 18.8. The molecule has 0 unspecified atom stereocenters. The van der Waals surface area contributed by atoms with Gasteiger partial charge in [0.1, 0.15) is 5.69 Å². The van der Waals surface area contributed by atoms with Gasteiger partial charge in [-0.25, -0.2) is 28.1 Å². The Bertz CT molecular complexity index is 1580. The van der Waals surface area contributed by atoms with E-state index in [0.717, 1.165) is 0 Å². The summed E-state index contributed by atoms with van der Waals surface area (Å²) in [4.78, 5) is 23.3. The van der Waals surface area contributed by atoms with Gasteiger partial charge in [-0.3, -0.25) is 4.79 Å². The number of aliphatic hydroxyl groups is 1. The van der Waals surface area contributed by atoms with Crippen LogP contribution in [0.1, 0.15) is 5.69 Å². The van der Waals surface area contributed by atoms with Crippen molar-refractivity contribution in [3.8, 4) is 0 Å². The summed E-state index contributed by atoms with van der Waals surface area (Å²) in [7, 11) is -3.89. The smallest absolute Gasteiger partial charge is 0.264 e. The molecule has 2 aromatic carbocycles. The van der Waals surface area contributed by atoms with Crippen molar-refractivity contribution in [3.63, 3.8) is 0 Å². The summed E-state index contributed by atoms with van der Waals surface area (Å²) in [5.41, 5.74) is 1.30. The van der Waals surface area contributed by atoms with Crippen molar-refractivity contribution in [1.82, 2.24) is 19.6 Å². The molecule has 0 saturated heterocycles. The second-order valence-corrected chi connectivity index (χ2v) is 8.70. The first-order valence-electron chi connectivity index (χ1n) is 9.56. The number of allylic oxidation sites excluding steroid dienone is 1. The van der Waals surface area contributed by atoms with Crippen LogP contribution < -0.4 is 4.72 Å². The van der Waals surface area contributed by atoms with Crippen molar-refractivity contribution in [2.45, 2.75) is 4.90 Å². The molecule has 0 amide bonds. The summed E-state index contributed by atoms with van der Waals surface area (Å²) in [5.74, 6) is -0.0485. The molecule has 34 heavy (non-hydrogen) atoms. The summed E-state index contributed by atoms with van der Waals surface area (Å²) in [6, 6.07) is 14.1. The highest BCUT2D eigenvalue weighted by Gasteiger charge is 2.15. The molecule has 11 nitrogen and oxygen atoms in total. The molecular formula is C21H15N7O4S2. The highest BCUT2D eigenvalue weighted by molar-refractivity contribution is 7.92. The normalized spacial score (nSPS) is 12.2. The number of sulfonamides is 1. The van der Waals surface area contributed by atoms with E-state index in [0.29, 0.717) is 29.3 Å². The van der Waals surface area contributed by atoms with Gasteiger partial charge in [0.2, 0.25) is 5.95 Å². The number of benzene rings is 2. The van der Waals surface area contributed by atoms with E-state index in [1.54, 1.807) is 30.3 Å². The molecule has 0 radical (unpaired) electrons. The van der Waals surface area contributed by atoms with Crippen molar-refractivity contribution in [2.24, 2.45) is 10.3 Å². The maximum atomic E-state index is 12.5. The van der Waals surface area contributed by atoms with Crippen LogP contribution in [0.5, 0.6) is 0 Å². The van der Waals surface area contributed by atoms with Gasteiger partial charge in [-0.15, -0.1) is 5.11 Å². The lowest BCUT2D eigenvalue weighted by atomic mass is 10.2. The first-order valence-corrected chi connectivity index (χ1v) is 11.5. The number of carbonyl (C=O) groups excluding carboxylic acids is 1. The second-order valence-electron chi connectivity index (χ2n) is 6.63. The third kappa shape index (κ3) is 4.69. The van der Waals surface area contributed by atoms with E-state index in [2.05, 4.69) is 30.0 Å². The Morgan fingerprint density at radius 1 is 1.06 bits per heavy atom. The highest BCUT2D eigenvalue weighted by Crippen LogP contribution is 2.22. The lowest BCUT2D eigenvalue weighted by Gasteiger charge is -2.08. The largest absolute Gasteiger partial charge is 0.515 e. The number of aliphatic hydroxyl groups excluding tert-OH is 1. The minimum atomic E-state index is -3.89. The molecule has 2 aromatic heterocycles. The summed E-state index contributed by atoms with van der Waals surface area (Å²) in [6.07, 6.45) is 3.89. The van der Waals surface area contributed by atoms with Gasteiger partial charge >= 0.3 is 0 Å². The Labute approximate surface area is 198 Å². The van der Waals surface area contributed by atoms with E-state index in [9.17, 15) is 18.3 Å². The van der Waals surface area contributed by atoms with Gasteiger partial charge < -0.3 is 5.11 Å². The van der Waals surface area contributed by atoms with Gasteiger partial charge in [0, 0.05) is 12.4 Å². The summed E-state index contributed by atoms with van der Waals surface area (Å²) in [6.45, 7) is 0. The Morgan fingerprint density at radius 3 is 2.44 bits per heavy atom. The van der Waals surface area contributed by atoms with Gasteiger partial charge in [0.25, 0.3) is 10.0 Å². The Balaban J connectivity index is 1.68. The minimum absolute atomic E-state index is 0.0177. The summed E-state index contributed by atoms with van der Waals surface area (Å²) < 4.78 is 28.7. The number of aromatic nitrogens is 4. The van der Waals surface area contributed by atoms with E-state index in [4.69, 9.17) is 12.2 Å². The summed E-state index contributed by atoms with van der Waals surface area (Å²) in [5, 5.41) is 17.6. The summed E-state index contributed by atoms with van der Waals surface area (Å²) >= 11 is 5.41. The molecule has 4 rings (SSSR count). The molecule has 0 bridgehead atoms. The number of aldehydes is 1. The molecule has 2 heterocycles. The molecular weight excluding hydrogens is 478 g/mol. The van der Waals surface area contributed by atoms with Gasteiger partial charge in [-0.05, 0) is 42.5 Å². The van der Waals surface area contributed by atoms with E-state index in [1.807, 2.05) is 0 Å². The first kappa shape index (κ1) is 22.8. The predicted molar refractivity (Wildman–Crippen MR) is 126 cm³/mol. The maximum Gasteiger partial charge on any atom is 0.264 e. The number of carbonyl (C=O) groups is 1. The Morgan fingerprint density at radius 2 is 1.76 bits per heavy atom. The molecule has 0 saturated carbocycles. The number of fused-ring (bicyclic) bond motifs is 1. The van der Waals surface area contributed by atoms with Crippen molar-refractivity contribution >= 4 is 56.8 Å². The quantitative estimate of drug-likeness (QED) is 0.129. The van der Waals surface area contributed by atoms with Crippen LogP contribution in [0.15, 0.2) is 88.5 Å². The van der Waals surface area contributed by atoms with Crippen LogP contribution in [0.25, 0.3) is 16.6 Å². The standard InChI is InChI=1S/C21H15N7O4S2/c29-12-14(13-30)19-20(33)28(18-5-2-1-4-17(18)24-19)27-25-15-6-8-16(9-7-15)34(31,32)26-21-22-10-3-11-23-21/h1-13,29H,(H,22,23,26)/b14-12+,27-25?. The zero-order valence-electron chi connectivity index (χ0n) is 17.2. The molecule has 2 N–H and O–H groups in total. The van der Waals surface area contributed by atoms with Crippen LogP contribution in [-0.4, -0.2) is 39.4 Å². The van der Waals surface area contributed by atoms with Crippen molar-refractivity contribution < 1.29 is 18.3 Å². The van der Waals surface area contributed by atoms with Crippen molar-refractivity contribution in [3.05, 3.63) is 83.6 Å². The number of hydrogen-bond donors (Lipinski definition) is 2. The van der Waals surface area contributed by atoms with Crippen molar-refractivity contribution in [1.29, 1.82) is 0 Å². The lowest BCUT2D eigenvalue weighted by Crippen LogP contribution is -2.14. The van der Waals surface area contributed by atoms with E-state index in [-0.39, 0.29) is 26.8 Å². The van der Waals surface area contributed by atoms with Gasteiger partial charge in [-0.2, -0.15) is 4.68 Å². The fraction of sp³-hybridized carbons (Fsp3) is 0. The molecule has 0 aliphatic rings. The Hall–Kier alpha value is -4.36. The minimum Gasteiger partial charge on any atom is -0.515 e. The number of para-hydroxylation sites is 2. The van der Waals surface area contributed by atoms with Crippen LogP contribution in [0.2, 0.25) is 0 Å². The van der Waals surface area contributed by atoms with Crippen LogP contribution in [0.3, 0.4) is 0 Å². The number of anilines is 1. The predicted octanol–water partition coefficient (Wildman–Crippen LogP) is 4.00. The fourth-order valence-electron chi connectivity index (χ4n) is 2.86. The monoisotopic (exact) mass is 493 g/mol. The molecule has 4 aromatic rings. The topological polar surface area (TPSA) is 152 Å².